The normalized spacial score (nSPS) is 14.8. The third-order valence-corrected chi connectivity index (χ3v) is 3.70. The fraction of sp³-hybridized carbons (Fsp3) is 0.467. The molecule has 0 aliphatic heterocycles. The molecule has 0 unspecified atom stereocenters. The van der Waals surface area contributed by atoms with E-state index in [1.807, 2.05) is 4.68 Å². The first-order valence-corrected chi connectivity index (χ1v) is 7.10. The van der Waals surface area contributed by atoms with Crippen LogP contribution in [-0.4, -0.2) is 15.0 Å². The summed E-state index contributed by atoms with van der Waals surface area (Å²) < 4.78 is 1.90. The van der Waals surface area contributed by atoms with Gasteiger partial charge in [-0.1, -0.05) is 30.7 Å². The van der Waals surface area contributed by atoms with Gasteiger partial charge >= 0.3 is 0 Å². The van der Waals surface area contributed by atoms with Crippen LogP contribution in [0.4, 0.5) is 5.82 Å². The largest absolute Gasteiger partial charge is 0.381 e. The van der Waals surface area contributed by atoms with Crippen molar-refractivity contribution in [1.29, 1.82) is 0 Å². The second kappa shape index (κ2) is 5.03. The smallest absolute Gasteiger partial charge is 0.169 e. The molecule has 1 fully saturated rings. The van der Waals surface area contributed by atoms with Crippen LogP contribution in [0.1, 0.15) is 49.8 Å². The van der Waals surface area contributed by atoms with E-state index in [4.69, 9.17) is 5.73 Å². The fourth-order valence-corrected chi connectivity index (χ4v) is 2.42. The van der Waals surface area contributed by atoms with Gasteiger partial charge in [0.2, 0.25) is 0 Å². The van der Waals surface area contributed by atoms with Crippen molar-refractivity contribution in [3.05, 3.63) is 35.5 Å². The zero-order valence-corrected chi connectivity index (χ0v) is 11.3. The van der Waals surface area contributed by atoms with Gasteiger partial charge in [0.15, 0.2) is 5.82 Å². The van der Waals surface area contributed by atoms with Gasteiger partial charge in [0.1, 0.15) is 0 Å². The van der Waals surface area contributed by atoms with E-state index in [0.29, 0.717) is 11.7 Å². The maximum atomic E-state index is 5.92. The summed E-state index contributed by atoms with van der Waals surface area (Å²) in [6.07, 6.45) is 6.01. The lowest BCUT2D eigenvalue weighted by Crippen LogP contribution is -2.02. The van der Waals surface area contributed by atoms with Crippen LogP contribution in [0.2, 0.25) is 0 Å². The van der Waals surface area contributed by atoms with Crippen molar-refractivity contribution in [1.82, 2.24) is 15.0 Å². The molecule has 1 saturated carbocycles. The van der Waals surface area contributed by atoms with E-state index in [2.05, 4.69) is 41.5 Å². The maximum Gasteiger partial charge on any atom is 0.169 e. The van der Waals surface area contributed by atoms with Crippen LogP contribution < -0.4 is 5.73 Å². The molecule has 0 spiro atoms. The van der Waals surface area contributed by atoms with Gasteiger partial charge < -0.3 is 5.73 Å². The molecule has 0 atom stereocenters. The van der Waals surface area contributed by atoms with E-state index in [1.54, 1.807) is 0 Å². The molecule has 1 heterocycles. The number of benzene rings is 1. The van der Waals surface area contributed by atoms with Crippen molar-refractivity contribution in [2.75, 3.05) is 5.73 Å². The summed E-state index contributed by atoms with van der Waals surface area (Å²) in [5.41, 5.74) is 9.45. The lowest BCUT2D eigenvalue weighted by Gasteiger charge is -2.07. The van der Waals surface area contributed by atoms with Crippen LogP contribution in [-0.2, 0) is 6.42 Å². The van der Waals surface area contributed by atoms with E-state index >= 15 is 0 Å². The first-order valence-electron chi connectivity index (χ1n) is 7.10. The molecule has 100 valence electrons. The number of rotatable bonds is 5. The predicted octanol–water partition coefficient (Wildman–Crippen LogP) is 3.07. The Morgan fingerprint density at radius 2 is 2.00 bits per heavy atom. The number of nitrogen functional groups attached to an aromatic ring is 1. The Labute approximate surface area is 113 Å². The van der Waals surface area contributed by atoms with E-state index in [0.717, 1.165) is 17.8 Å². The molecule has 0 saturated heterocycles. The Balaban J connectivity index is 1.86. The summed E-state index contributed by atoms with van der Waals surface area (Å²) in [4.78, 5) is 0. The van der Waals surface area contributed by atoms with Gasteiger partial charge in [-0.25, -0.2) is 4.68 Å². The van der Waals surface area contributed by atoms with Crippen molar-refractivity contribution in [2.45, 2.75) is 44.9 Å². The van der Waals surface area contributed by atoms with E-state index in [-0.39, 0.29) is 0 Å². The SMILES string of the molecule is CCCCc1ccc(-n2nnc(N)c2C2CC2)cc1. The molecular formula is C15H20N4. The summed E-state index contributed by atoms with van der Waals surface area (Å²) >= 11 is 0. The number of aromatic nitrogens is 3. The fourth-order valence-electron chi connectivity index (χ4n) is 2.42. The number of nitrogens with two attached hydrogens (primary N) is 1. The predicted molar refractivity (Wildman–Crippen MR) is 76.4 cm³/mol. The maximum absolute atomic E-state index is 5.92. The number of anilines is 1. The first kappa shape index (κ1) is 12.2. The van der Waals surface area contributed by atoms with Crippen LogP contribution in [0.3, 0.4) is 0 Å². The zero-order valence-electron chi connectivity index (χ0n) is 11.3. The Bertz CT molecular complexity index is 552. The number of aryl methyl sites for hydroxylation is 1. The molecular weight excluding hydrogens is 236 g/mol. The van der Waals surface area contributed by atoms with Crippen molar-refractivity contribution >= 4 is 5.82 Å². The van der Waals surface area contributed by atoms with Crippen LogP contribution in [0.5, 0.6) is 0 Å². The third kappa shape index (κ3) is 2.48. The molecule has 0 bridgehead atoms. The monoisotopic (exact) mass is 256 g/mol. The van der Waals surface area contributed by atoms with E-state index in [1.165, 1.54) is 31.2 Å². The molecule has 1 aliphatic rings. The number of hydrogen-bond acceptors (Lipinski definition) is 3. The summed E-state index contributed by atoms with van der Waals surface area (Å²) in [6.45, 7) is 2.22. The second-order valence-electron chi connectivity index (χ2n) is 5.32. The Morgan fingerprint density at radius 1 is 1.26 bits per heavy atom. The number of unbranched alkanes of at least 4 members (excludes halogenated alkanes) is 1. The van der Waals surface area contributed by atoms with Crippen LogP contribution in [0.25, 0.3) is 5.69 Å². The Hall–Kier alpha value is -1.84. The standard InChI is InChI=1S/C15H20N4/c1-2-3-4-11-5-9-13(10-6-11)19-14(12-7-8-12)15(16)17-18-19/h5-6,9-10,12H,2-4,7-8,16H2,1H3. The molecule has 0 radical (unpaired) electrons. The summed E-state index contributed by atoms with van der Waals surface area (Å²) in [7, 11) is 0. The van der Waals surface area contributed by atoms with Crippen molar-refractivity contribution < 1.29 is 0 Å². The van der Waals surface area contributed by atoms with Crippen LogP contribution in [0, 0.1) is 0 Å². The molecule has 1 aliphatic carbocycles. The van der Waals surface area contributed by atoms with Gasteiger partial charge in [-0.2, -0.15) is 0 Å². The lowest BCUT2D eigenvalue weighted by atomic mass is 10.1. The molecule has 19 heavy (non-hydrogen) atoms. The molecule has 0 amide bonds. The highest BCUT2D eigenvalue weighted by Gasteiger charge is 2.30. The van der Waals surface area contributed by atoms with Gasteiger partial charge in [0.25, 0.3) is 0 Å². The summed E-state index contributed by atoms with van der Waals surface area (Å²) in [5, 5.41) is 8.20. The average Bonchev–Trinajstić information content (AvgIpc) is 3.20. The second-order valence-corrected chi connectivity index (χ2v) is 5.32. The minimum absolute atomic E-state index is 0.551. The molecule has 4 heteroatoms. The Kier molecular flexibility index (Phi) is 3.23. The number of nitrogens with zero attached hydrogens (tertiary/aromatic N) is 3. The first-order chi connectivity index (χ1) is 9.29. The van der Waals surface area contributed by atoms with Gasteiger partial charge in [0.05, 0.1) is 11.4 Å². The van der Waals surface area contributed by atoms with Crippen molar-refractivity contribution in [3.8, 4) is 5.69 Å². The molecule has 4 nitrogen and oxygen atoms in total. The minimum Gasteiger partial charge on any atom is -0.381 e. The minimum atomic E-state index is 0.551. The van der Waals surface area contributed by atoms with E-state index < -0.39 is 0 Å². The average molecular weight is 256 g/mol. The van der Waals surface area contributed by atoms with Crippen molar-refractivity contribution in [2.24, 2.45) is 0 Å². The molecule has 1 aromatic carbocycles. The highest BCUT2D eigenvalue weighted by atomic mass is 15.4. The Morgan fingerprint density at radius 3 is 2.63 bits per heavy atom. The molecule has 2 N–H and O–H groups in total. The topological polar surface area (TPSA) is 56.7 Å². The molecule has 3 rings (SSSR count). The summed E-state index contributed by atoms with van der Waals surface area (Å²) in [6, 6.07) is 8.59. The highest BCUT2D eigenvalue weighted by molar-refractivity contribution is 5.45. The van der Waals surface area contributed by atoms with E-state index in [9.17, 15) is 0 Å². The third-order valence-electron chi connectivity index (χ3n) is 3.70. The zero-order chi connectivity index (χ0) is 13.2. The molecule has 1 aromatic heterocycles. The number of hydrogen-bond donors (Lipinski definition) is 1. The summed E-state index contributed by atoms with van der Waals surface area (Å²) in [5.74, 6) is 1.13. The highest BCUT2D eigenvalue weighted by Crippen LogP contribution is 2.42. The van der Waals surface area contributed by atoms with Crippen LogP contribution >= 0.6 is 0 Å². The van der Waals surface area contributed by atoms with Gasteiger partial charge in [-0.15, -0.1) is 5.10 Å². The van der Waals surface area contributed by atoms with Crippen molar-refractivity contribution in [3.63, 3.8) is 0 Å². The van der Waals surface area contributed by atoms with Gasteiger partial charge in [-0.3, -0.25) is 0 Å². The molecule has 2 aromatic rings. The quantitative estimate of drug-likeness (QED) is 0.894. The van der Waals surface area contributed by atoms with Gasteiger partial charge in [-0.05, 0) is 43.4 Å². The van der Waals surface area contributed by atoms with Gasteiger partial charge in [0, 0.05) is 5.92 Å². The lowest BCUT2D eigenvalue weighted by molar-refractivity contribution is 0.761. The van der Waals surface area contributed by atoms with Crippen LogP contribution in [0.15, 0.2) is 24.3 Å².